The van der Waals surface area contributed by atoms with Crippen molar-refractivity contribution in [1.29, 1.82) is 0 Å². The molecule has 0 unspecified atom stereocenters. The van der Waals surface area contributed by atoms with Crippen molar-refractivity contribution < 1.29 is 0 Å². The monoisotopic (exact) mass is 1410 g/mol. The fourth-order valence-electron chi connectivity index (χ4n) is 18.2. The Balaban J connectivity index is 0.000000141. The number of benzene rings is 15. The second-order valence-electron chi connectivity index (χ2n) is 29.4. The van der Waals surface area contributed by atoms with Crippen molar-refractivity contribution in [3.8, 4) is 157 Å². The molecule has 518 valence electrons. The third kappa shape index (κ3) is 10.7. The molecule has 0 atom stereocenters. The molecule has 22 rings (SSSR count). The molecule has 111 heavy (non-hydrogen) atoms. The van der Waals surface area contributed by atoms with Crippen LogP contribution < -0.4 is 0 Å². The molecule has 0 bridgehead atoms. The van der Waals surface area contributed by atoms with Crippen LogP contribution in [0.2, 0.25) is 0 Å². The third-order valence-electron chi connectivity index (χ3n) is 23.2. The Hall–Kier alpha value is -14.4. The van der Waals surface area contributed by atoms with Gasteiger partial charge in [0, 0.05) is 45.8 Å². The Morgan fingerprint density at radius 3 is 0.928 bits per heavy atom. The number of fused-ring (bicyclic) bond motifs is 20. The molecule has 0 radical (unpaired) electrons. The van der Waals surface area contributed by atoms with E-state index < -0.39 is 0 Å². The van der Waals surface area contributed by atoms with Crippen LogP contribution in [0.4, 0.5) is 0 Å². The van der Waals surface area contributed by atoms with E-state index in [0.29, 0.717) is 11.6 Å². The van der Waals surface area contributed by atoms with Gasteiger partial charge in [-0.05, 0) is 195 Å². The van der Waals surface area contributed by atoms with E-state index in [2.05, 4.69) is 382 Å². The topological polar surface area (TPSA) is 64.5 Å². The fourth-order valence-corrected chi connectivity index (χ4v) is 18.2. The van der Waals surface area contributed by atoms with Gasteiger partial charge in [-0.25, -0.2) is 19.9 Å². The molecule has 0 aliphatic heterocycles. The van der Waals surface area contributed by atoms with E-state index >= 15 is 0 Å². The second-order valence-corrected chi connectivity index (χ2v) is 29.4. The molecule has 0 saturated carbocycles. The molecule has 0 saturated heterocycles. The quantitative estimate of drug-likeness (QED) is 0.137. The van der Waals surface area contributed by atoms with E-state index in [1.54, 1.807) is 6.20 Å². The number of hydrogen-bond acceptors (Lipinski definition) is 5. The summed E-state index contributed by atoms with van der Waals surface area (Å²) in [4.78, 5) is 24.9. The van der Waals surface area contributed by atoms with E-state index in [9.17, 15) is 0 Å². The molecule has 3 aromatic heterocycles. The number of hydrogen-bond donors (Lipinski definition) is 0. The minimum Gasteiger partial charge on any atom is -0.264 e. The van der Waals surface area contributed by atoms with Crippen LogP contribution in [0.1, 0.15) is 50.1 Å². The van der Waals surface area contributed by atoms with E-state index in [1.165, 1.54) is 122 Å². The predicted molar refractivity (Wildman–Crippen MR) is 454 cm³/mol. The molecule has 5 heteroatoms. The molecule has 0 fully saturated rings. The number of rotatable bonds is 10. The van der Waals surface area contributed by atoms with Gasteiger partial charge in [0.05, 0.1) is 33.6 Å². The highest BCUT2D eigenvalue weighted by Crippen LogP contribution is 2.65. The summed E-state index contributed by atoms with van der Waals surface area (Å²) in [5.41, 5.74) is 40.7. The molecular formula is C106H69N5. The van der Waals surface area contributed by atoms with Crippen molar-refractivity contribution in [1.82, 2.24) is 24.9 Å². The molecule has 0 amide bonds. The lowest BCUT2D eigenvalue weighted by molar-refractivity contribution is 0.794. The summed E-state index contributed by atoms with van der Waals surface area (Å²) in [6.07, 6.45) is 3.61. The van der Waals surface area contributed by atoms with Crippen LogP contribution in [0.3, 0.4) is 0 Å². The van der Waals surface area contributed by atoms with Crippen molar-refractivity contribution in [3.05, 3.63) is 451 Å². The van der Waals surface area contributed by atoms with Gasteiger partial charge in [-0.15, -0.1) is 0 Å². The average Bonchev–Trinajstić information content (AvgIpc) is 1.52. The van der Waals surface area contributed by atoms with Gasteiger partial charge in [-0.3, -0.25) is 4.98 Å². The van der Waals surface area contributed by atoms with E-state index in [0.717, 1.165) is 72.8 Å². The van der Waals surface area contributed by atoms with Crippen molar-refractivity contribution >= 4 is 0 Å². The fraction of sp³-hybridized carbons (Fsp3) is 0.0283. The molecule has 15 aromatic carbocycles. The van der Waals surface area contributed by atoms with Crippen LogP contribution >= 0.6 is 0 Å². The van der Waals surface area contributed by atoms with Crippen molar-refractivity contribution in [2.24, 2.45) is 0 Å². The Labute approximate surface area is 646 Å². The van der Waals surface area contributed by atoms with Crippen LogP contribution in [-0.2, 0) is 10.8 Å². The highest BCUT2D eigenvalue weighted by atomic mass is 14.9. The van der Waals surface area contributed by atoms with Gasteiger partial charge in [0.2, 0.25) is 0 Å². The Kier molecular flexibility index (Phi) is 15.5. The van der Waals surface area contributed by atoms with Crippen LogP contribution in [0.15, 0.2) is 401 Å². The summed E-state index contributed by atoms with van der Waals surface area (Å²) in [5, 5.41) is 0. The molecule has 4 aliphatic carbocycles. The first-order valence-electron chi connectivity index (χ1n) is 38.1. The molecule has 3 heterocycles. The van der Waals surface area contributed by atoms with Crippen molar-refractivity contribution in [2.45, 2.75) is 17.8 Å². The van der Waals surface area contributed by atoms with Crippen LogP contribution in [0.25, 0.3) is 157 Å². The molecule has 18 aromatic rings. The normalized spacial score (nSPS) is 12.9. The molecule has 5 nitrogen and oxygen atoms in total. The first kappa shape index (κ1) is 64.9. The van der Waals surface area contributed by atoms with Crippen molar-refractivity contribution in [2.75, 3.05) is 0 Å². The van der Waals surface area contributed by atoms with Gasteiger partial charge < -0.3 is 0 Å². The van der Waals surface area contributed by atoms with Gasteiger partial charge >= 0.3 is 0 Å². The molecule has 4 aliphatic rings. The zero-order chi connectivity index (χ0) is 73.6. The summed E-state index contributed by atoms with van der Waals surface area (Å²) < 4.78 is 0. The minimum atomic E-state index is -0.388. The summed E-state index contributed by atoms with van der Waals surface area (Å²) in [6, 6.07) is 140. The number of nitrogens with zero attached hydrogens (tertiary/aromatic N) is 5. The first-order valence-corrected chi connectivity index (χ1v) is 38.1. The van der Waals surface area contributed by atoms with Gasteiger partial charge in [-0.2, -0.15) is 0 Å². The van der Waals surface area contributed by atoms with E-state index in [-0.39, 0.29) is 10.8 Å². The lowest BCUT2D eigenvalue weighted by atomic mass is 9.70. The summed E-state index contributed by atoms with van der Waals surface area (Å²) >= 11 is 0. The van der Waals surface area contributed by atoms with Gasteiger partial charge in [0.15, 0.2) is 11.6 Å². The highest BCUT2D eigenvalue weighted by Gasteiger charge is 2.53. The smallest absolute Gasteiger partial charge is 0.161 e. The number of aromatic nitrogens is 5. The Morgan fingerprint density at radius 2 is 0.477 bits per heavy atom. The maximum atomic E-state index is 5.16. The zero-order valence-corrected chi connectivity index (χ0v) is 60.8. The first-order chi connectivity index (χ1) is 54.9. The maximum Gasteiger partial charge on any atom is 0.161 e. The van der Waals surface area contributed by atoms with Gasteiger partial charge in [0.25, 0.3) is 0 Å². The number of pyridine rings is 1. The molecule has 2 spiro atoms. The van der Waals surface area contributed by atoms with Crippen LogP contribution in [0, 0.1) is 6.92 Å². The molecular weight excluding hydrogens is 1340 g/mol. The van der Waals surface area contributed by atoms with Crippen LogP contribution in [0.5, 0.6) is 0 Å². The Morgan fingerprint density at radius 1 is 0.180 bits per heavy atom. The average molecular weight is 1410 g/mol. The SMILES string of the molecule is Cc1ccc(-c2nc(-c3ccc(-c4ccc5c(c4)-c4ccccc4C54c5ccccc5-c5ccccc54)cc3)cc(-c3cccc(-c4ccccc4)c3)n2)cc1.c1ccc(-c2cccc(-c3cc(-c4cccc(-c5ccc6c(c5)C5(c7ccccc7-c7ccccc75)c5ccccc5-6)c4)nc(-c4cccnc4)n3)c2)cc1. The zero-order valence-electron chi connectivity index (χ0n) is 60.8. The van der Waals surface area contributed by atoms with Crippen molar-refractivity contribution in [3.63, 3.8) is 0 Å². The second kappa shape index (κ2) is 26.5. The summed E-state index contributed by atoms with van der Waals surface area (Å²) in [5.74, 6) is 1.36. The largest absolute Gasteiger partial charge is 0.264 e. The summed E-state index contributed by atoms with van der Waals surface area (Å²) in [7, 11) is 0. The lowest BCUT2D eigenvalue weighted by Crippen LogP contribution is -2.25. The Bertz CT molecular complexity index is 6590. The van der Waals surface area contributed by atoms with E-state index in [1.807, 2.05) is 24.4 Å². The summed E-state index contributed by atoms with van der Waals surface area (Å²) in [6.45, 7) is 2.10. The van der Waals surface area contributed by atoms with Gasteiger partial charge in [0.1, 0.15) is 0 Å². The standard InChI is InChI=1S/C54H36N2.C52H33N3/c1-35-22-24-39(25-23-35)53-55-51(34-52(56-53)42-15-11-14-40(32-42)36-12-3-2-4-13-36)38-28-26-37(27-29-38)41-30-31-50-46(33-41)45-18-7-10-21-49(45)54(50)47-19-8-5-16-43(47)44-17-6-9-20-48(44)54;1-2-13-34(14-3-1)35-15-10-17-38(29-35)49-32-50(55-51(54-49)40-19-12-28-53-33-40)39-18-11-16-36(30-39)37-26-27-44-43-22-6-9-25-47(43)52(48(44)31-37)45-23-7-4-20-41(45)42-21-5-8-24-46(42)52/h2-34H,1H3;1-33H. The van der Waals surface area contributed by atoms with Crippen LogP contribution in [-0.4, -0.2) is 24.9 Å². The predicted octanol–water partition coefficient (Wildman–Crippen LogP) is 26.0. The molecule has 0 N–H and O–H groups in total. The third-order valence-corrected chi connectivity index (χ3v) is 23.2. The maximum absolute atomic E-state index is 5.16. The highest BCUT2D eigenvalue weighted by molar-refractivity contribution is 5.98. The lowest BCUT2D eigenvalue weighted by Gasteiger charge is -2.30. The van der Waals surface area contributed by atoms with E-state index in [4.69, 9.17) is 19.9 Å². The number of aryl methyl sites for hydroxylation is 1. The minimum absolute atomic E-state index is 0.331. The van der Waals surface area contributed by atoms with Gasteiger partial charge in [-0.1, -0.05) is 339 Å².